The van der Waals surface area contributed by atoms with Crippen molar-refractivity contribution in [2.45, 2.75) is 32.2 Å². The first kappa shape index (κ1) is 15.7. The lowest BCUT2D eigenvalue weighted by Crippen LogP contribution is -2.52. The maximum atomic E-state index is 11.8. The molecule has 0 fully saturated rings. The van der Waals surface area contributed by atoms with E-state index in [1.165, 1.54) is 0 Å². The Hall–Kier alpha value is -1.33. The zero-order chi connectivity index (χ0) is 14.3. The first-order chi connectivity index (χ1) is 8.97. The number of nitrogens with zero attached hydrogens (tertiary/aromatic N) is 1. The van der Waals surface area contributed by atoms with Gasteiger partial charge in [-0.3, -0.25) is 4.79 Å². The van der Waals surface area contributed by atoms with Gasteiger partial charge in [-0.05, 0) is 25.5 Å². The van der Waals surface area contributed by atoms with Crippen LogP contribution in [0.4, 0.5) is 0 Å². The van der Waals surface area contributed by atoms with E-state index in [1.807, 2.05) is 6.92 Å². The quantitative estimate of drug-likeness (QED) is 0.748. The summed E-state index contributed by atoms with van der Waals surface area (Å²) >= 11 is 5.88. The smallest absolute Gasteiger partial charge is 0.239 e. The fourth-order valence-corrected chi connectivity index (χ4v) is 1.80. The van der Waals surface area contributed by atoms with Crippen molar-refractivity contribution in [3.05, 3.63) is 23.4 Å². The molecule has 1 rings (SSSR count). The zero-order valence-electron chi connectivity index (χ0n) is 11.3. The number of nitrogens with one attached hydrogen (secondary N) is 1. The number of nitrogens with two attached hydrogens (primary N) is 1. The maximum absolute atomic E-state index is 11.8. The first-order valence-corrected chi connectivity index (χ1v) is 6.65. The summed E-state index contributed by atoms with van der Waals surface area (Å²) in [5.74, 6) is 0.188. The van der Waals surface area contributed by atoms with E-state index in [0.717, 1.165) is 6.42 Å². The van der Waals surface area contributed by atoms with Crippen molar-refractivity contribution < 1.29 is 9.53 Å². The molecule has 0 saturated carbocycles. The van der Waals surface area contributed by atoms with E-state index in [2.05, 4.69) is 10.3 Å². The lowest BCUT2D eigenvalue weighted by Gasteiger charge is -2.22. The largest absolute Gasteiger partial charge is 0.475 e. The van der Waals surface area contributed by atoms with Crippen LogP contribution in [0.15, 0.2) is 18.3 Å². The number of carbonyl (C=O) groups is 1. The number of hydrogen-bond donors (Lipinski definition) is 2. The topological polar surface area (TPSA) is 77.2 Å². The van der Waals surface area contributed by atoms with Crippen LogP contribution in [0, 0.1) is 0 Å². The number of aromatic nitrogens is 1. The van der Waals surface area contributed by atoms with Crippen molar-refractivity contribution in [1.29, 1.82) is 0 Å². The second-order valence-electron chi connectivity index (χ2n) is 4.56. The number of hydrogen-bond acceptors (Lipinski definition) is 4. The average molecular weight is 286 g/mol. The predicted octanol–water partition coefficient (Wildman–Crippen LogP) is 1.75. The highest BCUT2D eigenvalue weighted by atomic mass is 35.5. The van der Waals surface area contributed by atoms with Crippen molar-refractivity contribution in [3.8, 4) is 5.88 Å². The third kappa shape index (κ3) is 5.04. The number of amides is 1. The lowest BCUT2D eigenvalue weighted by molar-refractivity contribution is -0.126. The molecule has 0 bridgehead atoms. The van der Waals surface area contributed by atoms with Crippen molar-refractivity contribution in [1.82, 2.24) is 10.3 Å². The molecule has 1 heterocycles. The second-order valence-corrected chi connectivity index (χ2v) is 4.97. The molecule has 1 atom stereocenters. The number of carbonyl (C=O) groups excluding carboxylic acids is 1. The van der Waals surface area contributed by atoms with Crippen LogP contribution in [0.2, 0.25) is 5.02 Å². The van der Waals surface area contributed by atoms with Gasteiger partial charge in [0.15, 0.2) is 0 Å². The van der Waals surface area contributed by atoms with E-state index in [9.17, 15) is 4.79 Å². The Morgan fingerprint density at radius 2 is 2.37 bits per heavy atom. The Bertz CT molecular complexity index is 424. The standard InChI is InChI=1S/C13H20ClN3O2/c1-3-6-13(2,15)12(18)17-8-9-19-11-10(14)5-4-7-16-11/h4-5,7H,3,6,8-9,15H2,1-2H3,(H,17,18). The summed E-state index contributed by atoms with van der Waals surface area (Å²) in [6, 6.07) is 3.42. The molecule has 6 heteroatoms. The van der Waals surface area contributed by atoms with Gasteiger partial charge in [0.05, 0.1) is 12.1 Å². The monoisotopic (exact) mass is 285 g/mol. The van der Waals surface area contributed by atoms with E-state index < -0.39 is 5.54 Å². The van der Waals surface area contributed by atoms with Crippen LogP contribution in [-0.2, 0) is 4.79 Å². The highest BCUT2D eigenvalue weighted by Crippen LogP contribution is 2.19. The molecule has 3 N–H and O–H groups in total. The van der Waals surface area contributed by atoms with Gasteiger partial charge in [-0.25, -0.2) is 4.98 Å². The Labute approximate surface area is 118 Å². The summed E-state index contributed by atoms with van der Waals surface area (Å²) in [5, 5.41) is 3.19. The van der Waals surface area contributed by atoms with Gasteiger partial charge in [0.25, 0.3) is 0 Å². The summed E-state index contributed by atoms with van der Waals surface area (Å²) in [5.41, 5.74) is 5.07. The molecule has 0 saturated heterocycles. The van der Waals surface area contributed by atoms with Gasteiger partial charge >= 0.3 is 0 Å². The minimum Gasteiger partial charge on any atom is -0.475 e. The average Bonchev–Trinajstić information content (AvgIpc) is 2.36. The minimum atomic E-state index is -0.836. The van der Waals surface area contributed by atoms with Gasteiger partial charge in [0.1, 0.15) is 11.6 Å². The molecular formula is C13H20ClN3O2. The molecule has 1 unspecified atom stereocenters. The molecule has 0 aliphatic heterocycles. The van der Waals surface area contributed by atoms with Crippen LogP contribution in [0.5, 0.6) is 5.88 Å². The van der Waals surface area contributed by atoms with Crippen molar-refractivity contribution in [2.24, 2.45) is 5.73 Å². The van der Waals surface area contributed by atoms with Gasteiger partial charge in [-0.2, -0.15) is 0 Å². The van der Waals surface area contributed by atoms with Gasteiger partial charge in [0, 0.05) is 6.20 Å². The van der Waals surface area contributed by atoms with E-state index in [4.69, 9.17) is 22.1 Å². The fraction of sp³-hybridized carbons (Fsp3) is 0.538. The molecule has 0 aromatic carbocycles. The molecule has 0 radical (unpaired) electrons. The molecule has 1 amide bonds. The van der Waals surface area contributed by atoms with Crippen molar-refractivity contribution >= 4 is 17.5 Å². The summed E-state index contributed by atoms with van der Waals surface area (Å²) in [4.78, 5) is 15.8. The minimum absolute atomic E-state index is 0.176. The number of halogens is 1. The summed E-state index contributed by atoms with van der Waals surface area (Å²) in [6.45, 7) is 4.37. The van der Waals surface area contributed by atoms with Gasteiger partial charge in [-0.15, -0.1) is 0 Å². The van der Waals surface area contributed by atoms with Crippen LogP contribution < -0.4 is 15.8 Å². The van der Waals surface area contributed by atoms with Crippen LogP contribution in [-0.4, -0.2) is 29.6 Å². The SMILES string of the molecule is CCCC(C)(N)C(=O)NCCOc1ncccc1Cl. The highest BCUT2D eigenvalue weighted by Gasteiger charge is 2.26. The first-order valence-electron chi connectivity index (χ1n) is 6.28. The molecule has 1 aromatic heterocycles. The van der Waals surface area contributed by atoms with Crippen LogP contribution in [0.1, 0.15) is 26.7 Å². The Kier molecular flexibility index (Phi) is 6.05. The van der Waals surface area contributed by atoms with E-state index >= 15 is 0 Å². The second kappa shape index (κ2) is 7.31. The van der Waals surface area contributed by atoms with E-state index in [1.54, 1.807) is 25.3 Å². The predicted molar refractivity (Wildman–Crippen MR) is 75.3 cm³/mol. The van der Waals surface area contributed by atoms with E-state index in [0.29, 0.717) is 30.5 Å². The maximum Gasteiger partial charge on any atom is 0.239 e. The molecule has 0 aliphatic carbocycles. The number of ether oxygens (including phenoxy) is 1. The Morgan fingerprint density at radius 3 is 3.00 bits per heavy atom. The van der Waals surface area contributed by atoms with Gasteiger partial charge < -0.3 is 15.8 Å². The molecule has 1 aromatic rings. The van der Waals surface area contributed by atoms with Crippen molar-refractivity contribution in [3.63, 3.8) is 0 Å². The fourth-order valence-electron chi connectivity index (χ4n) is 1.62. The molecule has 5 nitrogen and oxygen atoms in total. The van der Waals surface area contributed by atoms with E-state index in [-0.39, 0.29) is 5.91 Å². The Balaban J connectivity index is 2.32. The summed E-state index contributed by atoms with van der Waals surface area (Å²) < 4.78 is 5.36. The molecule has 19 heavy (non-hydrogen) atoms. The van der Waals surface area contributed by atoms with Crippen molar-refractivity contribution in [2.75, 3.05) is 13.2 Å². The zero-order valence-corrected chi connectivity index (χ0v) is 12.0. The van der Waals surface area contributed by atoms with Gasteiger partial charge in [-0.1, -0.05) is 24.9 Å². The third-order valence-corrected chi connectivity index (χ3v) is 2.93. The summed E-state index contributed by atoms with van der Waals surface area (Å²) in [7, 11) is 0. The Morgan fingerprint density at radius 1 is 1.63 bits per heavy atom. The normalized spacial score (nSPS) is 13.7. The molecule has 106 valence electrons. The number of pyridine rings is 1. The van der Waals surface area contributed by atoms with Crippen LogP contribution in [0.3, 0.4) is 0 Å². The van der Waals surface area contributed by atoms with Gasteiger partial charge in [0.2, 0.25) is 11.8 Å². The molecular weight excluding hydrogens is 266 g/mol. The third-order valence-electron chi connectivity index (χ3n) is 2.64. The lowest BCUT2D eigenvalue weighted by atomic mass is 9.97. The number of rotatable bonds is 7. The van der Waals surface area contributed by atoms with Crippen LogP contribution in [0.25, 0.3) is 0 Å². The highest BCUT2D eigenvalue weighted by molar-refractivity contribution is 6.31. The summed E-state index contributed by atoms with van der Waals surface area (Å²) in [6.07, 6.45) is 3.10. The van der Waals surface area contributed by atoms with Crippen LogP contribution >= 0.6 is 11.6 Å². The molecule has 0 spiro atoms. The molecule has 0 aliphatic rings.